The van der Waals surface area contributed by atoms with Crippen molar-refractivity contribution in [3.05, 3.63) is 94.6 Å². The number of benzene rings is 2. The van der Waals surface area contributed by atoms with Crippen molar-refractivity contribution in [2.24, 2.45) is 25.6 Å². The molecule has 1 aliphatic rings. The van der Waals surface area contributed by atoms with E-state index >= 15 is 0 Å². The Bertz CT molecular complexity index is 3040. The number of aryl methyl sites for hydroxylation is 4. The number of imide groups is 1. The van der Waals surface area contributed by atoms with E-state index in [1.807, 2.05) is 0 Å². The van der Waals surface area contributed by atoms with Gasteiger partial charge in [-0.1, -0.05) is 12.2 Å². The third kappa shape index (κ3) is 9.89. The van der Waals surface area contributed by atoms with Crippen LogP contribution in [0.15, 0.2) is 60.7 Å². The number of primary amides is 2. The average Bonchev–Trinajstić information content (AvgIpc) is 4.08. The molecule has 6 N–H and O–H groups in total. The van der Waals surface area contributed by atoms with Crippen LogP contribution >= 0.6 is 0 Å². The first kappa shape index (κ1) is 46.4. The maximum absolute atomic E-state index is 13.7. The maximum Gasteiger partial charge on any atom is 0.276 e. The van der Waals surface area contributed by atoms with E-state index in [2.05, 4.69) is 25.8 Å². The third-order valence-corrected chi connectivity index (χ3v) is 10.8. The number of methoxy groups -OCH3 is 1. The van der Waals surface area contributed by atoms with Crippen LogP contribution in [0.1, 0.15) is 65.9 Å². The Hall–Kier alpha value is -8.63. The van der Waals surface area contributed by atoms with E-state index < -0.39 is 35.4 Å². The minimum absolute atomic E-state index is 0.0474. The zero-order valence-electron chi connectivity index (χ0n) is 37.5. The molecule has 0 atom stereocenters. The van der Waals surface area contributed by atoms with Gasteiger partial charge in [-0.25, -0.2) is 9.97 Å². The van der Waals surface area contributed by atoms with Gasteiger partial charge in [0.25, 0.3) is 23.6 Å². The number of imidazole rings is 2. The number of hydrogen-bond donors (Lipinski definition) is 4. The smallest absolute Gasteiger partial charge is 0.276 e. The second-order valence-electron chi connectivity index (χ2n) is 15.6. The van der Waals surface area contributed by atoms with E-state index in [4.69, 9.17) is 25.9 Å². The van der Waals surface area contributed by atoms with Gasteiger partial charge in [-0.2, -0.15) is 10.2 Å². The number of nitrogens with two attached hydrogens (primary N) is 2. The van der Waals surface area contributed by atoms with Crippen LogP contribution in [0.25, 0.3) is 22.1 Å². The molecule has 23 nitrogen and oxygen atoms in total. The summed E-state index contributed by atoms with van der Waals surface area (Å²) in [6.45, 7) is 3.97. The first-order valence-electron chi connectivity index (χ1n) is 20.9. The minimum atomic E-state index is -0.750. The van der Waals surface area contributed by atoms with Crippen molar-refractivity contribution in [1.82, 2.24) is 48.5 Å². The Kier molecular flexibility index (Phi) is 13.3. The van der Waals surface area contributed by atoms with Crippen molar-refractivity contribution in [1.29, 1.82) is 0 Å². The van der Waals surface area contributed by atoms with Crippen LogP contribution in [0.2, 0.25) is 0 Å². The molecule has 0 radical (unpaired) electrons. The van der Waals surface area contributed by atoms with E-state index in [-0.39, 0.29) is 96.5 Å². The quantitative estimate of drug-likeness (QED) is 0.0514. The molecule has 0 unspecified atom stereocenters. The fourth-order valence-corrected chi connectivity index (χ4v) is 7.55. The topological polar surface area (TPSA) is 292 Å². The van der Waals surface area contributed by atoms with Gasteiger partial charge >= 0.3 is 0 Å². The molecule has 0 fully saturated rings. The predicted octanol–water partition coefficient (Wildman–Crippen LogP) is 1.98. The van der Waals surface area contributed by atoms with Crippen LogP contribution in [0.5, 0.6) is 11.5 Å². The predicted molar refractivity (Wildman–Crippen MR) is 242 cm³/mol. The molecule has 4 aromatic heterocycles. The summed E-state index contributed by atoms with van der Waals surface area (Å²) in [6.07, 6.45) is 6.17. The fraction of sp³-hybridized carbons (Fsp3) is 0.295. The summed E-state index contributed by atoms with van der Waals surface area (Å²) in [4.78, 5) is 101. The lowest BCUT2D eigenvalue weighted by molar-refractivity contribution is -0.138. The first-order chi connectivity index (χ1) is 31.9. The first-order valence-corrected chi connectivity index (χ1v) is 20.9. The van der Waals surface area contributed by atoms with E-state index in [0.717, 1.165) is 17.1 Å². The molecule has 348 valence electrons. The standard InChI is InChI=1S/C44H48N14O9/c1-24-18-30(54(4)51-24)41(64)49-43-47-28-20-26(39(45)62)22-32(66-6)37(28)57(43)14-7-8-15-58-38-29(48-44(58)50-42(65)31-19-25(2)52-55(31)5)21-27(40(46)63)23-33(38)67-17-9-13-53(3)34(59)12-16-56-35(60)10-11-36(56)61/h7-8,10-11,18-23H,9,12-17H2,1-6H3,(H2,45,62)(H2,46,63)(H,47,49,64)(H,48,50,65)/b8-7+. The number of amides is 7. The van der Waals surface area contributed by atoms with Gasteiger partial charge in [-0.3, -0.25) is 58.5 Å². The van der Waals surface area contributed by atoms with Crippen molar-refractivity contribution < 1.29 is 43.0 Å². The number of carbonyl (C=O) groups excluding carboxylic acids is 7. The summed E-state index contributed by atoms with van der Waals surface area (Å²) in [5.41, 5.74) is 14.8. The lowest BCUT2D eigenvalue weighted by Gasteiger charge is -2.19. The Morgan fingerprint density at radius 2 is 1.21 bits per heavy atom. The molecule has 6 aromatic rings. The van der Waals surface area contributed by atoms with Crippen molar-refractivity contribution >= 4 is 75.3 Å². The van der Waals surface area contributed by atoms with Gasteiger partial charge in [0.2, 0.25) is 29.6 Å². The second-order valence-corrected chi connectivity index (χ2v) is 15.6. The largest absolute Gasteiger partial charge is 0.494 e. The molecule has 23 heteroatoms. The third-order valence-electron chi connectivity index (χ3n) is 10.8. The molecule has 0 bridgehead atoms. The Balaban J connectivity index is 1.19. The van der Waals surface area contributed by atoms with E-state index in [1.165, 1.54) is 45.6 Å². The van der Waals surface area contributed by atoms with Crippen LogP contribution < -0.4 is 31.6 Å². The molecule has 0 saturated carbocycles. The second kappa shape index (κ2) is 19.2. The van der Waals surface area contributed by atoms with Crippen LogP contribution in [-0.2, 0) is 41.6 Å². The molecule has 7 rings (SSSR count). The average molecular weight is 917 g/mol. The van der Waals surface area contributed by atoms with Crippen molar-refractivity contribution in [3.8, 4) is 11.5 Å². The van der Waals surface area contributed by atoms with Gasteiger partial charge in [0.05, 0.1) is 36.1 Å². The molecule has 7 amide bonds. The van der Waals surface area contributed by atoms with Crippen LogP contribution in [0.4, 0.5) is 11.9 Å². The number of carbonyl (C=O) groups is 7. The highest BCUT2D eigenvalue weighted by atomic mass is 16.5. The van der Waals surface area contributed by atoms with Crippen LogP contribution in [0, 0.1) is 13.8 Å². The summed E-state index contributed by atoms with van der Waals surface area (Å²) in [6, 6.07) is 9.18. The van der Waals surface area contributed by atoms with Gasteiger partial charge in [-0.15, -0.1) is 0 Å². The van der Waals surface area contributed by atoms with Gasteiger partial charge in [0.1, 0.15) is 33.9 Å². The monoisotopic (exact) mass is 916 g/mol. The SMILES string of the molecule is COc1cc(C(N)=O)cc2nc(NC(=O)c3cc(C)nn3C)n(C/C=C/Cn3c(NC(=O)c4cc(C)nn4C)nc4cc(C(N)=O)cc(OCCCN(C)C(=O)CCN5C(=O)C=CC5=O)c43)c12. The number of nitrogens with zero attached hydrogens (tertiary/aromatic N) is 10. The van der Waals surface area contributed by atoms with Crippen molar-refractivity contribution in [2.75, 3.05) is 44.5 Å². The van der Waals surface area contributed by atoms with Crippen molar-refractivity contribution in [3.63, 3.8) is 0 Å². The number of ether oxygens (including phenoxy) is 2. The molecule has 5 heterocycles. The van der Waals surface area contributed by atoms with Gasteiger partial charge in [0.15, 0.2) is 0 Å². The maximum atomic E-state index is 13.7. The number of nitrogens with one attached hydrogen (secondary N) is 2. The fourth-order valence-electron chi connectivity index (χ4n) is 7.55. The zero-order chi connectivity index (χ0) is 48.3. The number of allylic oxidation sites excluding steroid dienone is 2. The molecule has 67 heavy (non-hydrogen) atoms. The minimum Gasteiger partial charge on any atom is -0.494 e. The highest BCUT2D eigenvalue weighted by molar-refractivity contribution is 6.13. The molecular weight excluding hydrogens is 869 g/mol. The van der Waals surface area contributed by atoms with Gasteiger partial charge in [-0.05, 0) is 56.7 Å². The number of rotatable bonds is 19. The summed E-state index contributed by atoms with van der Waals surface area (Å²) in [5, 5.41) is 14.3. The molecule has 2 aromatic carbocycles. The van der Waals surface area contributed by atoms with E-state index in [0.29, 0.717) is 34.4 Å². The van der Waals surface area contributed by atoms with Gasteiger partial charge in [0, 0.05) is 77.0 Å². The lowest BCUT2D eigenvalue weighted by Crippen LogP contribution is -2.36. The van der Waals surface area contributed by atoms with Crippen LogP contribution in [0.3, 0.4) is 0 Å². The number of anilines is 2. The zero-order valence-corrected chi connectivity index (χ0v) is 37.5. The molecule has 0 spiro atoms. The summed E-state index contributed by atoms with van der Waals surface area (Å²) in [5.74, 6) is -2.96. The molecular formula is C44H48N14O9. The highest BCUT2D eigenvalue weighted by Gasteiger charge is 2.26. The van der Waals surface area contributed by atoms with Gasteiger partial charge < -0.3 is 35.0 Å². The molecule has 1 aliphatic heterocycles. The Morgan fingerprint density at radius 1 is 0.731 bits per heavy atom. The number of hydrogen-bond acceptors (Lipinski definition) is 13. The molecule has 0 aliphatic carbocycles. The van der Waals surface area contributed by atoms with E-state index in [9.17, 15) is 33.6 Å². The summed E-state index contributed by atoms with van der Waals surface area (Å²) < 4.78 is 18.2. The van der Waals surface area contributed by atoms with Crippen molar-refractivity contribution in [2.45, 2.75) is 39.8 Å². The normalized spacial score (nSPS) is 12.5. The van der Waals surface area contributed by atoms with Crippen LogP contribution in [-0.4, -0.2) is 124 Å². The van der Waals surface area contributed by atoms with E-state index in [1.54, 1.807) is 68.4 Å². The lowest BCUT2D eigenvalue weighted by atomic mass is 10.1. The Labute approximate surface area is 381 Å². The summed E-state index contributed by atoms with van der Waals surface area (Å²) >= 11 is 0. The Morgan fingerprint density at radius 3 is 1.66 bits per heavy atom. The number of fused-ring (bicyclic) bond motifs is 2. The molecule has 0 saturated heterocycles. The highest BCUT2D eigenvalue weighted by Crippen LogP contribution is 2.33. The summed E-state index contributed by atoms with van der Waals surface area (Å²) in [7, 11) is 6.30. The number of aromatic nitrogens is 8.